The molecule has 0 bridgehead atoms. The Morgan fingerprint density at radius 3 is 1.83 bits per heavy atom. The minimum absolute atomic E-state index is 0.113. The van der Waals surface area contributed by atoms with Gasteiger partial charge in [-0.3, -0.25) is 4.79 Å². The summed E-state index contributed by atoms with van der Waals surface area (Å²) in [4.78, 5) is 27.9. The number of benzene rings is 4. The first-order valence-corrected chi connectivity index (χ1v) is 15.1. The van der Waals surface area contributed by atoms with E-state index in [2.05, 4.69) is 61.6 Å². The Balaban J connectivity index is 1.46. The molecule has 0 radical (unpaired) electrons. The summed E-state index contributed by atoms with van der Waals surface area (Å²) in [6.07, 6.45) is 1.44. The summed E-state index contributed by atoms with van der Waals surface area (Å²) in [7, 11) is 0. The number of nitrogens with zero attached hydrogens (tertiary/aromatic N) is 1. The predicted molar refractivity (Wildman–Crippen MR) is 175 cm³/mol. The van der Waals surface area contributed by atoms with Gasteiger partial charge >= 0.3 is 12.0 Å². The molecule has 0 atom stereocenters. The van der Waals surface area contributed by atoms with Crippen LogP contribution in [-0.4, -0.2) is 39.8 Å². The third-order valence-electron chi connectivity index (χ3n) is 7.58. The maximum Gasteiger partial charge on any atom is 0.321 e. The molecule has 2 N–H and O–H groups in total. The molecule has 0 saturated carbocycles. The molecular formula is C36H40N2O3S. The first kappa shape index (κ1) is 30.9. The van der Waals surface area contributed by atoms with Crippen LogP contribution in [-0.2, 0) is 17.6 Å². The molecule has 0 heterocycles. The van der Waals surface area contributed by atoms with Crippen LogP contribution < -0.4 is 5.32 Å². The fraction of sp³-hybridized carbons (Fsp3) is 0.278. The van der Waals surface area contributed by atoms with Crippen LogP contribution in [0.5, 0.6) is 0 Å². The number of aliphatic carboxylic acids is 1. The molecule has 6 heteroatoms. The number of hydrogen-bond acceptors (Lipinski definition) is 3. The van der Waals surface area contributed by atoms with E-state index in [-0.39, 0.29) is 6.03 Å². The van der Waals surface area contributed by atoms with Crippen molar-refractivity contribution in [3.63, 3.8) is 0 Å². The fourth-order valence-electron chi connectivity index (χ4n) is 4.69. The molecule has 0 aliphatic carbocycles. The van der Waals surface area contributed by atoms with Crippen molar-refractivity contribution in [2.24, 2.45) is 0 Å². The number of thioether (sulfide) groups is 1. The van der Waals surface area contributed by atoms with E-state index in [1.165, 1.54) is 34.0 Å². The number of carbonyl (C=O) groups is 2. The van der Waals surface area contributed by atoms with E-state index in [0.717, 1.165) is 33.7 Å². The Hall–Kier alpha value is -4.03. The van der Waals surface area contributed by atoms with Gasteiger partial charge in [-0.2, -0.15) is 0 Å². The number of rotatable bonds is 11. The fourth-order valence-corrected chi connectivity index (χ4v) is 5.64. The lowest BCUT2D eigenvalue weighted by atomic mass is 10.0. The van der Waals surface area contributed by atoms with E-state index >= 15 is 0 Å². The average molecular weight is 581 g/mol. The monoisotopic (exact) mass is 580 g/mol. The van der Waals surface area contributed by atoms with Crippen molar-refractivity contribution in [2.75, 3.05) is 18.4 Å². The lowest BCUT2D eigenvalue weighted by Crippen LogP contribution is -2.38. The Labute approximate surface area is 254 Å². The standard InChI is InChI=1S/C36H40N2O3S/c1-25-23-27(3)33(24-26(25)2)37-35(41)38(21-19-28-11-15-31(16-12-28)30-9-7-6-8-10-30)22-20-29-13-17-32(18-14-29)42-36(4,5)34(39)40/h6-18,23-24H,19-22H2,1-5H3,(H,37,41)(H,39,40). The van der Waals surface area contributed by atoms with Crippen molar-refractivity contribution >= 4 is 29.4 Å². The summed E-state index contributed by atoms with van der Waals surface area (Å²) < 4.78 is -0.901. The normalized spacial score (nSPS) is 11.3. The quantitative estimate of drug-likeness (QED) is 0.174. The third kappa shape index (κ3) is 8.26. The van der Waals surface area contributed by atoms with Gasteiger partial charge in [-0.25, -0.2) is 4.79 Å². The van der Waals surface area contributed by atoms with Crippen molar-refractivity contribution in [1.82, 2.24) is 4.90 Å². The Morgan fingerprint density at radius 1 is 0.738 bits per heavy atom. The van der Waals surface area contributed by atoms with Gasteiger partial charge in [0.2, 0.25) is 0 Å². The van der Waals surface area contributed by atoms with Crippen LogP contribution in [0.3, 0.4) is 0 Å². The van der Waals surface area contributed by atoms with Crippen molar-refractivity contribution in [2.45, 2.75) is 57.1 Å². The third-order valence-corrected chi connectivity index (χ3v) is 8.78. The van der Waals surface area contributed by atoms with Gasteiger partial charge in [-0.05, 0) is 105 Å². The zero-order valence-electron chi connectivity index (χ0n) is 25.1. The summed E-state index contributed by atoms with van der Waals surface area (Å²) in [6.45, 7) is 10.7. The van der Waals surface area contributed by atoms with Gasteiger partial charge in [0.1, 0.15) is 4.75 Å². The average Bonchev–Trinajstić information content (AvgIpc) is 2.97. The molecule has 4 aromatic carbocycles. The molecule has 0 aliphatic rings. The van der Waals surface area contributed by atoms with Crippen molar-refractivity contribution < 1.29 is 14.7 Å². The Bertz CT molecular complexity index is 1510. The zero-order chi connectivity index (χ0) is 30.3. The van der Waals surface area contributed by atoms with Crippen molar-refractivity contribution in [1.29, 1.82) is 0 Å². The molecule has 0 aliphatic heterocycles. The lowest BCUT2D eigenvalue weighted by molar-refractivity contribution is -0.138. The first-order valence-electron chi connectivity index (χ1n) is 14.3. The SMILES string of the molecule is Cc1cc(C)c(NC(=O)N(CCc2ccc(SC(C)(C)C(=O)O)cc2)CCc2ccc(-c3ccccc3)cc2)cc1C. The van der Waals surface area contributed by atoms with Gasteiger partial charge in [0.15, 0.2) is 0 Å². The number of carboxylic acids is 1. The van der Waals surface area contributed by atoms with Crippen LogP contribution in [0.1, 0.15) is 41.7 Å². The summed E-state index contributed by atoms with van der Waals surface area (Å²) >= 11 is 1.33. The van der Waals surface area contributed by atoms with Crippen LogP contribution in [0.15, 0.2) is 95.9 Å². The molecule has 2 amide bonds. The smallest absolute Gasteiger partial charge is 0.321 e. The molecule has 218 valence electrons. The maximum atomic E-state index is 13.6. The van der Waals surface area contributed by atoms with E-state index in [0.29, 0.717) is 19.5 Å². The highest BCUT2D eigenvalue weighted by molar-refractivity contribution is 8.01. The van der Waals surface area contributed by atoms with Gasteiger partial charge in [0, 0.05) is 23.7 Å². The topological polar surface area (TPSA) is 69.6 Å². The largest absolute Gasteiger partial charge is 0.480 e. The number of hydrogen-bond donors (Lipinski definition) is 2. The molecule has 42 heavy (non-hydrogen) atoms. The molecule has 5 nitrogen and oxygen atoms in total. The Morgan fingerprint density at radius 2 is 1.26 bits per heavy atom. The highest BCUT2D eigenvalue weighted by Crippen LogP contribution is 2.32. The van der Waals surface area contributed by atoms with E-state index in [1.54, 1.807) is 13.8 Å². The molecule has 4 aromatic rings. The second-order valence-electron chi connectivity index (χ2n) is 11.3. The number of carbonyl (C=O) groups excluding carboxylic acids is 1. The number of carboxylic acid groups (broad SMARTS) is 1. The molecule has 0 saturated heterocycles. The second-order valence-corrected chi connectivity index (χ2v) is 13.0. The summed E-state index contributed by atoms with van der Waals surface area (Å²) in [5, 5.41) is 12.6. The minimum Gasteiger partial charge on any atom is -0.480 e. The van der Waals surface area contributed by atoms with Crippen LogP contribution in [0.25, 0.3) is 11.1 Å². The van der Waals surface area contributed by atoms with Gasteiger partial charge in [0.25, 0.3) is 0 Å². The summed E-state index contributed by atoms with van der Waals surface area (Å²) in [5.74, 6) is -0.841. The van der Waals surface area contributed by atoms with Gasteiger partial charge in [0.05, 0.1) is 0 Å². The maximum absolute atomic E-state index is 13.6. The second kappa shape index (κ2) is 13.8. The zero-order valence-corrected chi connectivity index (χ0v) is 25.9. The van der Waals surface area contributed by atoms with Crippen molar-refractivity contribution in [3.05, 3.63) is 119 Å². The molecule has 0 unspecified atom stereocenters. The number of urea groups is 1. The van der Waals surface area contributed by atoms with E-state index in [1.807, 2.05) is 60.4 Å². The molecule has 0 fully saturated rings. The van der Waals surface area contributed by atoms with Crippen LogP contribution >= 0.6 is 11.8 Å². The van der Waals surface area contributed by atoms with Crippen LogP contribution in [0.2, 0.25) is 0 Å². The number of nitrogens with one attached hydrogen (secondary N) is 1. The van der Waals surface area contributed by atoms with E-state index in [4.69, 9.17) is 0 Å². The summed E-state index contributed by atoms with van der Waals surface area (Å²) in [5.41, 5.74) is 8.86. The number of anilines is 1. The first-order chi connectivity index (χ1) is 20.0. The van der Waals surface area contributed by atoms with Crippen molar-refractivity contribution in [3.8, 4) is 11.1 Å². The van der Waals surface area contributed by atoms with E-state index in [9.17, 15) is 14.7 Å². The van der Waals surface area contributed by atoms with Gasteiger partial charge in [-0.1, -0.05) is 72.8 Å². The number of amides is 2. The van der Waals surface area contributed by atoms with Crippen LogP contribution in [0.4, 0.5) is 10.5 Å². The lowest BCUT2D eigenvalue weighted by Gasteiger charge is -2.24. The predicted octanol–water partition coefficient (Wildman–Crippen LogP) is 8.55. The Kier molecular flexibility index (Phi) is 10.1. The molecule has 0 spiro atoms. The van der Waals surface area contributed by atoms with Crippen LogP contribution in [0, 0.1) is 20.8 Å². The highest BCUT2D eigenvalue weighted by atomic mass is 32.2. The molecule has 4 rings (SSSR count). The van der Waals surface area contributed by atoms with E-state index < -0.39 is 10.7 Å². The molecular weight excluding hydrogens is 540 g/mol. The number of aryl methyl sites for hydroxylation is 3. The minimum atomic E-state index is -0.901. The van der Waals surface area contributed by atoms with Gasteiger partial charge < -0.3 is 15.3 Å². The highest BCUT2D eigenvalue weighted by Gasteiger charge is 2.28. The van der Waals surface area contributed by atoms with Gasteiger partial charge in [-0.15, -0.1) is 11.8 Å². The summed E-state index contributed by atoms with van der Waals surface area (Å²) in [6, 6.07) is 30.9. The molecule has 0 aromatic heterocycles.